The molecule has 6 aromatic rings. The zero-order valence-electron chi connectivity index (χ0n) is 23.8. The molecule has 222 valence electrons. The Bertz CT molecular complexity index is 1950. The standard InChI is InChI=1S/C33H28ClFN6O3/c1-2-14-40-20-37-39-31(40)18-41-29-16-23(33(42)43)10-12-28(29)38-30(41)15-21-5-7-22(8-6-21)26-4-3-13-36-32(26)44-19-24-9-11-25(34)17-27(24)35/h3-13,16-17,20H,2,14-15,18-19H2,1H3,(H,42,43). The molecule has 0 atom stereocenters. The molecule has 0 amide bonds. The van der Waals surface area contributed by atoms with Crippen LogP contribution in [0.3, 0.4) is 0 Å². The maximum Gasteiger partial charge on any atom is 0.335 e. The second-order valence-electron chi connectivity index (χ2n) is 10.3. The maximum atomic E-state index is 14.3. The summed E-state index contributed by atoms with van der Waals surface area (Å²) in [7, 11) is 0. The number of aromatic nitrogens is 6. The number of halogens is 2. The molecule has 0 radical (unpaired) electrons. The van der Waals surface area contributed by atoms with Crippen molar-refractivity contribution in [1.82, 2.24) is 29.3 Å². The van der Waals surface area contributed by atoms with E-state index in [-0.39, 0.29) is 12.2 Å². The fourth-order valence-electron chi connectivity index (χ4n) is 5.08. The minimum absolute atomic E-state index is 0.0108. The first-order valence-corrected chi connectivity index (χ1v) is 14.5. The average molecular weight is 611 g/mol. The summed E-state index contributed by atoms with van der Waals surface area (Å²) in [4.78, 5) is 21.0. The molecule has 0 fully saturated rings. The summed E-state index contributed by atoms with van der Waals surface area (Å²) >= 11 is 5.87. The molecule has 0 unspecified atom stereocenters. The zero-order valence-corrected chi connectivity index (χ0v) is 24.6. The molecule has 3 aromatic heterocycles. The van der Waals surface area contributed by atoms with Crippen molar-refractivity contribution in [1.29, 1.82) is 0 Å². The van der Waals surface area contributed by atoms with E-state index in [2.05, 4.69) is 22.1 Å². The first-order valence-electron chi connectivity index (χ1n) is 14.1. The predicted octanol–water partition coefficient (Wildman–Crippen LogP) is 6.81. The number of hydrogen-bond acceptors (Lipinski definition) is 6. The molecule has 3 heterocycles. The highest BCUT2D eigenvalue weighted by Crippen LogP contribution is 2.30. The number of pyridine rings is 1. The first kappa shape index (κ1) is 29.0. The summed E-state index contributed by atoms with van der Waals surface area (Å²) < 4.78 is 24.2. The van der Waals surface area contributed by atoms with Gasteiger partial charge in [-0.1, -0.05) is 48.9 Å². The second kappa shape index (κ2) is 12.6. The lowest BCUT2D eigenvalue weighted by molar-refractivity contribution is 0.0697. The molecule has 0 saturated carbocycles. The summed E-state index contributed by atoms with van der Waals surface area (Å²) in [5, 5.41) is 18.3. The third-order valence-electron chi connectivity index (χ3n) is 7.31. The van der Waals surface area contributed by atoms with Crippen LogP contribution in [-0.2, 0) is 26.1 Å². The fourth-order valence-corrected chi connectivity index (χ4v) is 5.24. The number of ether oxygens (including phenoxy) is 1. The number of carboxylic acid groups (broad SMARTS) is 1. The molecule has 44 heavy (non-hydrogen) atoms. The SMILES string of the molecule is CCCn1cnnc1Cn1c(Cc2ccc(-c3cccnc3OCc3ccc(Cl)cc3F)cc2)nc2ccc(C(=O)O)cc21. The minimum atomic E-state index is -0.997. The average Bonchev–Trinajstić information content (AvgIpc) is 3.61. The van der Waals surface area contributed by atoms with Gasteiger partial charge in [0.25, 0.3) is 0 Å². The second-order valence-corrected chi connectivity index (χ2v) is 10.8. The number of nitrogens with zero attached hydrogens (tertiary/aromatic N) is 6. The van der Waals surface area contributed by atoms with Crippen molar-refractivity contribution < 1.29 is 19.0 Å². The van der Waals surface area contributed by atoms with E-state index in [1.165, 1.54) is 6.07 Å². The number of aryl methyl sites for hydroxylation is 1. The van der Waals surface area contributed by atoms with Crippen molar-refractivity contribution in [2.45, 2.75) is 39.5 Å². The van der Waals surface area contributed by atoms with Crippen LogP contribution in [0.25, 0.3) is 22.2 Å². The zero-order chi connectivity index (χ0) is 30.6. The molecule has 1 N–H and O–H groups in total. The highest BCUT2D eigenvalue weighted by molar-refractivity contribution is 6.30. The number of benzene rings is 3. The number of imidazole rings is 1. The van der Waals surface area contributed by atoms with Crippen LogP contribution in [-0.4, -0.2) is 40.4 Å². The lowest BCUT2D eigenvalue weighted by Gasteiger charge is -2.12. The van der Waals surface area contributed by atoms with Gasteiger partial charge < -0.3 is 19.0 Å². The predicted molar refractivity (Wildman–Crippen MR) is 164 cm³/mol. The van der Waals surface area contributed by atoms with Crippen LogP contribution in [0, 0.1) is 5.82 Å². The van der Waals surface area contributed by atoms with E-state index >= 15 is 0 Å². The Labute approximate surface area is 257 Å². The molecule has 0 spiro atoms. The number of aromatic carboxylic acids is 1. The quantitative estimate of drug-likeness (QED) is 0.172. The van der Waals surface area contributed by atoms with Crippen molar-refractivity contribution in [2.24, 2.45) is 0 Å². The topological polar surface area (TPSA) is 108 Å². The van der Waals surface area contributed by atoms with Crippen LogP contribution >= 0.6 is 11.6 Å². The van der Waals surface area contributed by atoms with Crippen LogP contribution in [0.5, 0.6) is 5.88 Å². The summed E-state index contributed by atoms with van der Waals surface area (Å²) in [5.41, 5.74) is 4.67. The molecule has 0 saturated heterocycles. The highest BCUT2D eigenvalue weighted by Gasteiger charge is 2.17. The highest BCUT2D eigenvalue weighted by atomic mass is 35.5. The van der Waals surface area contributed by atoms with Crippen molar-refractivity contribution in [3.05, 3.63) is 124 Å². The lowest BCUT2D eigenvalue weighted by Crippen LogP contribution is -2.11. The van der Waals surface area contributed by atoms with Crippen molar-refractivity contribution in [2.75, 3.05) is 0 Å². The van der Waals surface area contributed by atoms with Crippen molar-refractivity contribution in [3.8, 4) is 17.0 Å². The Morgan fingerprint density at radius 1 is 1.05 bits per heavy atom. The van der Waals surface area contributed by atoms with Gasteiger partial charge in [0.05, 0.1) is 23.1 Å². The Morgan fingerprint density at radius 3 is 2.66 bits per heavy atom. The van der Waals surface area contributed by atoms with E-state index in [1.54, 1.807) is 42.9 Å². The van der Waals surface area contributed by atoms with Crippen LogP contribution in [0.4, 0.5) is 4.39 Å². The fraction of sp³-hybridized carbons (Fsp3) is 0.182. The van der Waals surface area contributed by atoms with Crippen LogP contribution in [0.15, 0.2) is 85.3 Å². The summed E-state index contributed by atoms with van der Waals surface area (Å²) in [5.74, 6) is 0.503. The first-order chi connectivity index (χ1) is 21.4. The summed E-state index contributed by atoms with van der Waals surface area (Å²) in [6.07, 6.45) is 4.78. The molecule has 0 aliphatic carbocycles. The van der Waals surface area contributed by atoms with E-state index in [0.717, 1.165) is 46.8 Å². The van der Waals surface area contributed by atoms with Gasteiger partial charge in [-0.3, -0.25) is 0 Å². The van der Waals surface area contributed by atoms with Crippen LogP contribution < -0.4 is 4.74 Å². The Kier molecular flexibility index (Phi) is 8.33. The van der Waals surface area contributed by atoms with E-state index < -0.39 is 11.8 Å². The largest absolute Gasteiger partial charge is 0.478 e. The summed E-state index contributed by atoms with van der Waals surface area (Å²) in [6, 6.07) is 21.1. The van der Waals surface area contributed by atoms with Crippen LogP contribution in [0.2, 0.25) is 5.02 Å². The lowest BCUT2D eigenvalue weighted by atomic mass is 10.0. The molecule has 11 heteroatoms. The van der Waals surface area contributed by atoms with Gasteiger partial charge in [-0.05, 0) is 60.0 Å². The van der Waals surface area contributed by atoms with Crippen molar-refractivity contribution in [3.63, 3.8) is 0 Å². The Hall–Kier alpha value is -5.09. The van der Waals surface area contributed by atoms with Crippen molar-refractivity contribution >= 4 is 28.6 Å². The van der Waals surface area contributed by atoms with Gasteiger partial charge in [0.15, 0.2) is 5.82 Å². The van der Waals surface area contributed by atoms with Crippen LogP contribution in [0.1, 0.15) is 46.5 Å². The molecule has 0 aliphatic rings. The van der Waals surface area contributed by atoms with Gasteiger partial charge in [-0.2, -0.15) is 0 Å². The van der Waals surface area contributed by atoms with Gasteiger partial charge in [-0.15, -0.1) is 10.2 Å². The molecule has 0 aliphatic heterocycles. The van der Waals surface area contributed by atoms with Gasteiger partial charge in [0.2, 0.25) is 5.88 Å². The third-order valence-corrected chi connectivity index (χ3v) is 7.55. The smallest absolute Gasteiger partial charge is 0.335 e. The molecule has 6 rings (SSSR count). The number of carboxylic acids is 1. The number of rotatable bonds is 11. The molecular formula is C33H28ClFN6O3. The van der Waals surface area contributed by atoms with E-state index in [0.29, 0.717) is 34.9 Å². The van der Waals surface area contributed by atoms with Gasteiger partial charge in [0.1, 0.15) is 24.6 Å². The number of fused-ring (bicyclic) bond motifs is 1. The normalized spacial score (nSPS) is 11.2. The number of hydrogen-bond donors (Lipinski definition) is 1. The Morgan fingerprint density at radius 2 is 1.89 bits per heavy atom. The van der Waals surface area contributed by atoms with Gasteiger partial charge in [0, 0.05) is 35.3 Å². The van der Waals surface area contributed by atoms with E-state index in [9.17, 15) is 14.3 Å². The monoisotopic (exact) mass is 610 g/mol. The molecule has 9 nitrogen and oxygen atoms in total. The van der Waals surface area contributed by atoms with E-state index in [1.807, 2.05) is 45.5 Å². The van der Waals surface area contributed by atoms with Gasteiger partial charge >= 0.3 is 5.97 Å². The molecular weight excluding hydrogens is 583 g/mol. The Balaban J connectivity index is 1.27. The minimum Gasteiger partial charge on any atom is -0.478 e. The van der Waals surface area contributed by atoms with E-state index in [4.69, 9.17) is 21.3 Å². The number of carbonyl (C=O) groups is 1. The molecule has 3 aromatic carbocycles. The molecule has 0 bridgehead atoms. The maximum absolute atomic E-state index is 14.3. The van der Waals surface area contributed by atoms with Gasteiger partial charge in [-0.25, -0.2) is 19.2 Å². The summed E-state index contributed by atoms with van der Waals surface area (Å²) in [6.45, 7) is 3.28. The third kappa shape index (κ3) is 6.16.